The van der Waals surface area contributed by atoms with Gasteiger partial charge in [-0.3, -0.25) is 14.2 Å². The van der Waals surface area contributed by atoms with Crippen LogP contribution in [0, 0.1) is 0 Å². The minimum absolute atomic E-state index is 0.0910. The number of carbonyl (C=O) groups is 1. The van der Waals surface area contributed by atoms with Crippen LogP contribution in [0.2, 0.25) is 0 Å². The first kappa shape index (κ1) is 18.7. The van der Waals surface area contributed by atoms with Gasteiger partial charge in [-0.15, -0.1) is 0 Å². The van der Waals surface area contributed by atoms with Crippen LogP contribution in [0.4, 0.5) is 11.4 Å². The Hall–Kier alpha value is -2.07. The Bertz CT molecular complexity index is 955. The molecule has 0 spiro atoms. The molecule has 0 atom stereocenters. The van der Waals surface area contributed by atoms with E-state index in [1.54, 1.807) is 0 Å². The summed E-state index contributed by atoms with van der Waals surface area (Å²) in [5.74, 6) is -0.435. The number of phenolic OH excluding ortho intramolecular Hbond substituents is 1. The van der Waals surface area contributed by atoms with Gasteiger partial charge in [0.05, 0.1) is 27.3 Å². The summed E-state index contributed by atoms with van der Waals surface area (Å²) in [4.78, 5) is 12.5. The number of nitrogens with zero attached hydrogens (tertiary/aromatic N) is 2. The zero-order valence-corrected chi connectivity index (χ0v) is 16.7. The molecule has 10 heteroatoms. The minimum atomic E-state index is -3.35. The number of aromatic nitrogens is 2. The topological polar surface area (TPSA) is 115 Å². The number of amides is 1. The van der Waals surface area contributed by atoms with E-state index >= 15 is 0 Å². The van der Waals surface area contributed by atoms with E-state index in [0.717, 1.165) is 5.69 Å². The number of nitrogens with one attached hydrogen (secondary N) is 2. The number of benzene rings is 1. The maximum Gasteiger partial charge on any atom is 0.277 e. The quantitative estimate of drug-likeness (QED) is 0.629. The molecule has 1 aliphatic rings. The monoisotopic (exact) mass is 442 g/mol. The Labute approximate surface area is 159 Å². The summed E-state index contributed by atoms with van der Waals surface area (Å²) in [5.41, 5.74) is 1.47. The number of hydrogen-bond acceptors (Lipinski definition) is 5. The second-order valence-corrected chi connectivity index (χ2v) is 9.16. The lowest BCUT2D eigenvalue weighted by Crippen LogP contribution is -2.25. The number of aromatic hydroxyl groups is 1. The SMILES string of the molecule is CC(C)c1[nH]nc(C(=O)Nc2cc(N3CCCS3(=O)=O)ccc2O)c1Br. The average molecular weight is 443 g/mol. The second kappa shape index (κ2) is 6.92. The number of sulfonamides is 1. The van der Waals surface area contributed by atoms with Gasteiger partial charge in [-0.05, 0) is 46.5 Å². The van der Waals surface area contributed by atoms with Crippen LogP contribution in [0.25, 0.3) is 0 Å². The highest BCUT2D eigenvalue weighted by molar-refractivity contribution is 9.10. The third kappa shape index (κ3) is 3.43. The third-order valence-corrected chi connectivity index (χ3v) is 6.81. The lowest BCUT2D eigenvalue weighted by Gasteiger charge is -2.18. The number of H-pyrrole nitrogens is 1. The molecule has 140 valence electrons. The Morgan fingerprint density at radius 2 is 2.15 bits per heavy atom. The smallest absolute Gasteiger partial charge is 0.277 e. The van der Waals surface area contributed by atoms with Crippen molar-refractivity contribution in [2.24, 2.45) is 0 Å². The van der Waals surface area contributed by atoms with Gasteiger partial charge in [0.25, 0.3) is 5.91 Å². The number of phenols is 1. The summed E-state index contributed by atoms with van der Waals surface area (Å²) in [7, 11) is -3.35. The number of aromatic amines is 1. The van der Waals surface area contributed by atoms with Crippen LogP contribution in [-0.2, 0) is 10.0 Å². The Morgan fingerprint density at radius 1 is 1.42 bits per heavy atom. The Kier molecular flexibility index (Phi) is 4.98. The predicted octanol–water partition coefficient (Wildman–Crippen LogP) is 2.79. The average Bonchev–Trinajstić information content (AvgIpc) is 3.11. The highest BCUT2D eigenvalue weighted by atomic mass is 79.9. The van der Waals surface area contributed by atoms with Crippen LogP contribution < -0.4 is 9.62 Å². The molecule has 2 aromatic rings. The molecule has 1 amide bonds. The molecule has 0 aliphatic carbocycles. The number of halogens is 1. The highest BCUT2D eigenvalue weighted by Gasteiger charge is 2.29. The lowest BCUT2D eigenvalue weighted by molar-refractivity contribution is 0.102. The molecule has 8 nitrogen and oxygen atoms in total. The van der Waals surface area contributed by atoms with Crippen molar-refractivity contribution in [2.75, 3.05) is 21.9 Å². The second-order valence-electron chi connectivity index (χ2n) is 6.35. The molecule has 1 aromatic carbocycles. The van der Waals surface area contributed by atoms with Crippen LogP contribution in [0.1, 0.15) is 42.4 Å². The molecule has 26 heavy (non-hydrogen) atoms. The van der Waals surface area contributed by atoms with E-state index in [1.807, 2.05) is 13.8 Å². The molecule has 1 saturated heterocycles. The van der Waals surface area contributed by atoms with Crippen molar-refractivity contribution in [1.82, 2.24) is 10.2 Å². The number of carbonyl (C=O) groups excluding carboxylic acids is 1. The van der Waals surface area contributed by atoms with Gasteiger partial charge in [0.15, 0.2) is 5.69 Å². The molecule has 1 aliphatic heterocycles. The largest absolute Gasteiger partial charge is 0.506 e. The van der Waals surface area contributed by atoms with E-state index in [9.17, 15) is 18.3 Å². The van der Waals surface area contributed by atoms with Gasteiger partial charge in [0.1, 0.15) is 5.75 Å². The van der Waals surface area contributed by atoms with Crippen molar-refractivity contribution in [3.63, 3.8) is 0 Å². The zero-order chi connectivity index (χ0) is 19.1. The first-order chi connectivity index (χ1) is 12.2. The van der Waals surface area contributed by atoms with Crippen LogP contribution in [0.5, 0.6) is 5.75 Å². The van der Waals surface area contributed by atoms with Gasteiger partial charge in [-0.1, -0.05) is 13.8 Å². The lowest BCUT2D eigenvalue weighted by atomic mass is 10.1. The predicted molar refractivity (Wildman–Crippen MR) is 102 cm³/mol. The number of rotatable bonds is 4. The molecule has 1 fully saturated rings. The van der Waals surface area contributed by atoms with Crippen LogP contribution in [-0.4, -0.2) is 41.9 Å². The van der Waals surface area contributed by atoms with Crippen molar-refractivity contribution >= 4 is 43.2 Å². The molecule has 3 N–H and O–H groups in total. The van der Waals surface area contributed by atoms with Gasteiger partial charge in [-0.2, -0.15) is 5.10 Å². The first-order valence-electron chi connectivity index (χ1n) is 8.09. The van der Waals surface area contributed by atoms with Crippen molar-refractivity contribution < 1.29 is 18.3 Å². The summed E-state index contributed by atoms with van der Waals surface area (Å²) in [6, 6.07) is 4.31. The van der Waals surface area contributed by atoms with Crippen molar-refractivity contribution in [3.05, 3.63) is 34.1 Å². The normalized spacial score (nSPS) is 16.2. The van der Waals surface area contributed by atoms with Crippen LogP contribution >= 0.6 is 15.9 Å². The Balaban J connectivity index is 1.88. The molecule has 0 bridgehead atoms. The summed E-state index contributed by atoms with van der Waals surface area (Å²) in [6.45, 7) is 4.31. The van der Waals surface area contributed by atoms with Gasteiger partial charge in [-0.25, -0.2) is 8.42 Å². The van der Waals surface area contributed by atoms with Gasteiger partial charge < -0.3 is 10.4 Å². The van der Waals surface area contributed by atoms with E-state index in [-0.39, 0.29) is 28.8 Å². The molecular formula is C16H19BrN4O4S. The van der Waals surface area contributed by atoms with E-state index in [1.165, 1.54) is 22.5 Å². The fourth-order valence-corrected chi connectivity index (χ4v) is 5.14. The van der Waals surface area contributed by atoms with E-state index in [0.29, 0.717) is 23.1 Å². The molecule has 2 heterocycles. The van der Waals surface area contributed by atoms with Crippen molar-refractivity contribution in [1.29, 1.82) is 0 Å². The number of hydrogen-bond donors (Lipinski definition) is 3. The van der Waals surface area contributed by atoms with E-state index in [2.05, 4.69) is 31.4 Å². The fraction of sp³-hybridized carbons (Fsp3) is 0.375. The van der Waals surface area contributed by atoms with Gasteiger partial charge >= 0.3 is 0 Å². The molecular weight excluding hydrogens is 424 g/mol. The van der Waals surface area contributed by atoms with Crippen LogP contribution in [0.15, 0.2) is 22.7 Å². The summed E-state index contributed by atoms with van der Waals surface area (Å²) < 4.78 is 26.0. The van der Waals surface area contributed by atoms with E-state index < -0.39 is 15.9 Å². The molecule has 0 unspecified atom stereocenters. The standard InChI is InChI=1S/C16H19BrN4O4S/c1-9(2)14-13(17)15(20-19-14)16(23)18-11-8-10(4-5-12(11)22)21-6-3-7-26(21,24)25/h4-5,8-9,22H,3,6-7H2,1-2H3,(H,18,23)(H,19,20). The summed E-state index contributed by atoms with van der Waals surface area (Å²) in [5, 5.41) is 19.5. The highest BCUT2D eigenvalue weighted by Crippen LogP contribution is 2.33. The molecule has 3 rings (SSSR count). The van der Waals surface area contributed by atoms with Crippen molar-refractivity contribution in [3.8, 4) is 5.75 Å². The zero-order valence-electron chi connectivity index (χ0n) is 14.3. The van der Waals surface area contributed by atoms with Crippen LogP contribution in [0.3, 0.4) is 0 Å². The van der Waals surface area contributed by atoms with Gasteiger partial charge in [0, 0.05) is 6.54 Å². The molecule has 0 saturated carbocycles. The maximum absolute atomic E-state index is 12.5. The maximum atomic E-state index is 12.5. The molecule has 1 aromatic heterocycles. The van der Waals surface area contributed by atoms with Gasteiger partial charge in [0.2, 0.25) is 10.0 Å². The fourth-order valence-electron chi connectivity index (χ4n) is 2.77. The Morgan fingerprint density at radius 3 is 2.73 bits per heavy atom. The van der Waals surface area contributed by atoms with Crippen molar-refractivity contribution in [2.45, 2.75) is 26.2 Å². The first-order valence-corrected chi connectivity index (χ1v) is 10.5. The summed E-state index contributed by atoms with van der Waals surface area (Å²) >= 11 is 3.36. The summed E-state index contributed by atoms with van der Waals surface area (Å²) in [6.07, 6.45) is 0.545. The molecule has 0 radical (unpaired) electrons. The van der Waals surface area contributed by atoms with E-state index in [4.69, 9.17) is 0 Å². The minimum Gasteiger partial charge on any atom is -0.506 e. The number of anilines is 2. The third-order valence-electron chi connectivity index (χ3n) is 4.14.